The highest BCUT2D eigenvalue weighted by atomic mass is 16.5. The minimum atomic E-state index is -1.42. The number of ether oxygens (including phenoxy) is 1. The number of carbonyl (C=O) groups is 2. The molecule has 6 heteroatoms. The van der Waals surface area contributed by atoms with Gasteiger partial charge in [-0.2, -0.15) is 0 Å². The predicted molar refractivity (Wildman–Crippen MR) is 50.2 cm³/mol. The molecule has 0 aliphatic carbocycles. The van der Waals surface area contributed by atoms with Gasteiger partial charge in [-0.15, -0.1) is 0 Å². The summed E-state index contributed by atoms with van der Waals surface area (Å²) in [6.45, 7) is 0.738. The van der Waals surface area contributed by atoms with E-state index < -0.39 is 18.2 Å². The standard InChI is InChI=1S/C9H15NO5/c11-6(9(13)14)3-4-10-8(12)7-2-1-5-15-7/h6-7,11H,1-5H2,(H,10,12)(H,13,14)/t6-,7+/m0/s1. The van der Waals surface area contributed by atoms with E-state index in [1.165, 1.54) is 0 Å². The zero-order valence-corrected chi connectivity index (χ0v) is 8.31. The summed E-state index contributed by atoms with van der Waals surface area (Å²) in [6, 6.07) is 0. The molecule has 6 nitrogen and oxygen atoms in total. The van der Waals surface area contributed by atoms with Gasteiger partial charge in [0.15, 0.2) is 6.10 Å². The van der Waals surface area contributed by atoms with Gasteiger partial charge >= 0.3 is 5.97 Å². The van der Waals surface area contributed by atoms with E-state index >= 15 is 0 Å². The van der Waals surface area contributed by atoms with Crippen molar-refractivity contribution < 1.29 is 24.5 Å². The van der Waals surface area contributed by atoms with Gasteiger partial charge in [-0.25, -0.2) is 4.79 Å². The van der Waals surface area contributed by atoms with Crippen LogP contribution in [0, 0.1) is 0 Å². The third kappa shape index (κ3) is 3.85. The molecule has 0 aromatic heterocycles. The molecule has 1 aliphatic heterocycles. The summed E-state index contributed by atoms with van der Waals surface area (Å²) in [5, 5.41) is 19.8. The molecule has 0 radical (unpaired) electrons. The summed E-state index contributed by atoms with van der Waals surface area (Å²) < 4.78 is 5.13. The monoisotopic (exact) mass is 217 g/mol. The second-order valence-electron chi connectivity index (χ2n) is 3.44. The van der Waals surface area contributed by atoms with Crippen LogP contribution in [0.3, 0.4) is 0 Å². The molecule has 0 aromatic carbocycles. The van der Waals surface area contributed by atoms with Crippen LogP contribution in [0.1, 0.15) is 19.3 Å². The Morgan fingerprint density at radius 1 is 1.53 bits per heavy atom. The zero-order chi connectivity index (χ0) is 11.3. The fourth-order valence-corrected chi connectivity index (χ4v) is 1.35. The number of aliphatic hydroxyl groups excluding tert-OH is 1. The van der Waals surface area contributed by atoms with E-state index in [4.69, 9.17) is 14.9 Å². The highest BCUT2D eigenvalue weighted by molar-refractivity contribution is 5.81. The molecule has 1 aliphatic rings. The van der Waals surface area contributed by atoms with Crippen LogP contribution >= 0.6 is 0 Å². The van der Waals surface area contributed by atoms with Gasteiger partial charge in [0.05, 0.1) is 0 Å². The molecule has 1 heterocycles. The average Bonchev–Trinajstić information content (AvgIpc) is 2.70. The lowest BCUT2D eigenvalue weighted by Crippen LogP contribution is -2.36. The molecule has 0 aromatic rings. The van der Waals surface area contributed by atoms with Gasteiger partial charge in [0.25, 0.3) is 0 Å². The number of hydrogen-bond acceptors (Lipinski definition) is 4. The Bertz CT molecular complexity index is 237. The maximum absolute atomic E-state index is 11.3. The number of carbonyl (C=O) groups excluding carboxylic acids is 1. The molecule has 0 saturated carbocycles. The van der Waals surface area contributed by atoms with Crippen molar-refractivity contribution in [2.24, 2.45) is 0 Å². The molecule has 15 heavy (non-hydrogen) atoms. The van der Waals surface area contributed by atoms with Crippen molar-refractivity contribution in [2.75, 3.05) is 13.2 Å². The third-order valence-corrected chi connectivity index (χ3v) is 2.22. The highest BCUT2D eigenvalue weighted by Crippen LogP contribution is 2.11. The number of carboxylic acid groups (broad SMARTS) is 1. The Kier molecular flexibility index (Phi) is 4.51. The zero-order valence-electron chi connectivity index (χ0n) is 8.31. The molecule has 0 spiro atoms. The first-order valence-electron chi connectivity index (χ1n) is 4.91. The fourth-order valence-electron chi connectivity index (χ4n) is 1.35. The van der Waals surface area contributed by atoms with Crippen molar-refractivity contribution in [1.82, 2.24) is 5.32 Å². The van der Waals surface area contributed by atoms with E-state index in [2.05, 4.69) is 5.32 Å². The first-order valence-corrected chi connectivity index (χ1v) is 4.91. The van der Waals surface area contributed by atoms with Gasteiger partial charge in [-0.05, 0) is 12.8 Å². The smallest absolute Gasteiger partial charge is 0.332 e. The fraction of sp³-hybridized carbons (Fsp3) is 0.778. The van der Waals surface area contributed by atoms with E-state index in [1.807, 2.05) is 0 Å². The quantitative estimate of drug-likeness (QED) is 0.555. The number of carboxylic acids is 1. The largest absolute Gasteiger partial charge is 0.479 e. The van der Waals surface area contributed by atoms with E-state index in [9.17, 15) is 9.59 Å². The number of amides is 1. The van der Waals surface area contributed by atoms with Crippen molar-refractivity contribution in [3.8, 4) is 0 Å². The van der Waals surface area contributed by atoms with Crippen LogP contribution < -0.4 is 5.32 Å². The SMILES string of the molecule is O=C(O)[C@@H](O)CCNC(=O)[C@H]1CCCO1. The lowest BCUT2D eigenvalue weighted by atomic mass is 10.2. The number of hydrogen-bond donors (Lipinski definition) is 3. The Morgan fingerprint density at radius 3 is 2.80 bits per heavy atom. The van der Waals surface area contributed by atoms with Crippen LogP contribution in [0.15, 0.2) is 0 Å². The maximum Gasteiger partial charge on any atom is 0.332 e. The first-order chi connectivity index (χ1) is 7.11. The van der Waals surface area contributed by atoms with Crippen molar-refractivity contribution in [3.05, 3.63) is 0 Å². The lowest BCUT2D eigenvalue weighted by molar-refractivity contribution is -0.147. The first kappa shape index (κ1) is 11.9. The summed E-state index contributed by atoms with van der Waals surface area (Å²) in [5.41, 5.74) is 0. The Morgan fingerprint density at radius 2 is 2.27 bits per heavy atom. The molecule has 2 atom stereocenters. The molecule has 1 rings (SSSR count). The normalized spacial score (nSPS) is 22.3. The van der Waals surface area contributed by atoms with Crippen LogP contribution in [0.25, 0.3) is 0 Å². The second-order valence-corrected chi connectivity index (χ2v) is 3.44. The van der Waals surface area contributed by atoms with Crippen molar-refractivity contribution in [2.45, 2.75) is 31.5 Å². The van der Waals surface area contributed by atoms with Crippen LogP contribution in [-0.4, -0.2) is 47.4 Å². The van der Waals surface area contributed by atoms with Crippen molar-refractivity contribution in [3.63, 3.8) is 0 Å². The highest BCUT2D eigenvalue weighted by Gasteiger charge is 2.23. The minimum Gasteiger partial charge on any atom is -0.479 e. The van der Waals surface area contributed by atoms with Crippen LogP contribution in [0.2, 0.25) is 0 Å². The minimum absolute atomic E-state index is 0.00773. The molecule has 0 unspecified atom stereocenters. The summed E-state index contributed by atoms with van der Waals surface area (Å²) >= 11 is 0. The number of aliphatic hydroxyl groups is 1. The van der Waals surface area contributed by atoms with E-state index in [-0.39, 0.29) is 18.9 Å². The molecular weight excluding hydrogens is 202 g/mol. The molecule has 3 N–H and O–H groups in total. The molecule has 0 bridgehead atoms. The topological polar surface area (TPSA) is 95.9 Å². The van der Waals surface area contributed by atoms with E-state index in [1.54, 1.807) is 0 Å². The third-order valence-electron chi connectivity index (χ3n) is 2.22. The van der Waals surface area contributed by atoms with Gasteiger partial charge in [0.2, 0.25) is 5.91 Å². The second kappa shape index (κ2) is 5.67. The number of aliphatic carboxylic acids is 1. The molecular formula is C9H15NO5. The van der Waals surface area contributed by atoms with Crippen molar-refractivity contribution >= 4 is 11.9 Å². The summed E-state index contributed by atoms with van der Waals surface area (Å²) in [5.74, 6) is -1.51. The molecule has 86 valence electrons. The Balaban J connectivity index is 2.14. The van der Waals surface area contributed by atoms with Crippen LogP contribution in [0.5, 0.6) is 0 Å². The average molecular weight is 217 g/mol. The van der Waals surface area contributed by atoms with Gasteiger partial charge in [-0.3, -0.25) is 4.79 Å². The van der Waals surface area contributed by atoms with E-state index in [0.717, 1.165) is 6.42 Å². The van der Waals surface area contributed by atoms with Crippen LogP contribution in [0.4, 0.5) is 0 Å². The van der Waals surface area contributed by atoms with Gasteiger partial charge in [0.1, 0.15) is 6.10 Å². The maximum atomic E-state index is 11.3. The van der Waals surface area contributed by atoms with Gasteiger partial charge < -0.3 is 20.3 Å². The molecule has 1 fully saturated rings. The summed E-state index contributed by atoms with van der Waals surface area (Å²) in [7, 11) is 0. The van der Waals surface area contributed by atoms with Crippen LogP contribution in [-0.2, 0) is 14.3 Å². The summed E-state index contributed by atoms with van der Waals surface area (Å²) in [4.78, 5) is 21.6. The Labute approximate surface area is 87.2 Å². The molecule has 1 amide bonds. The Hall–Kier alpha value is -1.14. The predicted octanol–water partition coefficient (Wildman–Crippen LogP) is -0.883. The van der Waals surface area contributed by atoms with Gasteiger partial charge in [0, 0.05) is 19.6 Å². The van der Waals surface area contributed by atoms with Gasteiger partial charge in [-0.1, -0.05) is 0 Å². The lowest BCUT2D eigenvalue weighted by Gasteiger charge is -2.11. The van der Waals surface area contributed by atoms with E-state index in [0.29, 0.717) is 13.0 Å². The molecule has 1 saturated heterocycles. The summed E-state index contributed by atoms with van der Waals surface area (Å²) in [6.07, 6.45) is -0.251. The number of rotatable bonds is 5. The number of nitrogens with one attached hydrogen (secondary N) is 1. The van der Waals surface area contributed by atoms with Crippen molar-refractivity contribution in [1.29, 1.82) is 0 Å².